The molecule has 0 N–H and O–H groups in total. The van der Waals surface area contributed by atoms with E-state index >= 15 is 0 Å². The summed E-state index contributed by atoms with van der Waals surface area (Å²) >= 11 is 0. The molecule has 0 spiro atoms. The maximum atomic E-state index is 11.9. The Balaban J connectivity index is 1.86. The van der Waals surface area contributed by atoms with Gasteiger partial charge in [0.1, 0.15) is 11.5 Å². The van der Waals surface area contributed by atoms with Crippen molar-refractivity contribution >= 4 is 11.6 Å². The van der Waals surface area contributed by atoms with E-state index in [4.69, 9.17) is 4.74 Å². The first-order chi connectivity index (χ1) is 10.1. The maximum absolute atomic E-state index is 11.9. The highest BCUT2D eigenvalue weighted by Gasteiger charge is 2.06. The van der Waals surface area contributed by atoms with Crippen LogP contribution in [0.2, 0.25) is 0 Å². The molecule has 0 heterocycles. The number of hydrogen-bond acceptors (Lipinski definition) is 3. The number of Topliss-reactive ketones (excluding diaryl/α,β-unsaturated/α-hetero) is 2. The van der Waals surface area contributed by atoms with Crippen LogP contribution >= 0.6 is 0 Å². The van der Waals surface area contributed by atoms with Crippen molar-refractivity contribution in [2.75, 3.05) is 6.61 Å². The average Bonchev–Trinajstić information content (AvgIpc) is 2.52. The van der Waals surface area contributed by atoms with Crippen LogP contribution in [0.25, 0.3) is 0 Å². The van der Waals surface area contributed by atoms with Crippen molar-refractivity contribution in [1.29, 1.82) is 0 Å². The largest absolute Gasteiger partial charge is 0.485 e. The van der Waals surface area contributed by atoms with Crippen LogP contribution in [-0.4, -0.2) is 18.2 Å². The Kier molecular flexibility index (Phi) is 5.27. The van der Waals surface area contributed by atoms with Gasteiger partial charge in [-0.2, -0.15) is 0 Å². The lowest BCUT2D eigenvalue weighted by molar-refractivity contribution is -0.116. The van der Waals surface area contributed by atoms with Gasteiger partial charge in [-0.3, -0.25) is 4.79 Å². The SMILES string of the molecule is CC(=O)CCc1ccc(OCC(=O)c2ccccc2)cc1. The normalized spacial score (nSPS) is 10.1. The van der Waals surface area contributed by atoms with Gasteiger partial charge >= 0.3 is 0 Å². The third-order valence-electron chi connectivity index (χ3n) is 3.15. The van der Waals surface area contributed by atoms with E-state index in [1.54, 1.807) is 19.1 Å². The molecule has 0 bridgehead atoms. The number of benzene rings is 2. The van der Waals surface area contributed by atoms with Crippen LogP contribution < -0.4 is 4.74 Å². The highest BCUT2D eigenvalue weighted by molar-refractivity contribution is 5.97. The van der Waals surface area contributed by atoms with Crippen LogP contribution in [0.1, 0.15) is 29.3 Å². The highest BCUT2D eigenvalue weighted by atomic mass is 16.5. The van der Waals surface area contributed by atoms with Crippen molar-refractivity contribution < 1.29 is 14.3 Å². The summed E-state index contributed by atoms with van der Waals surface area (Å²) < 4.78 is 5.49. The van der Waals surface area contributed by atoms with Crippen molar-refractivity contribution in [3.05, 3.63) is 65.7 Å². The quantitative estimate of drug-likeness (QED) is 0.730. The highest BCUT2D eigenvalue weighted by Crippen LogP contribution is 2.14. The number of rotatable bonds is 7. The molecule has 3 nitrogen and oxygen atoms in total. The molecular formula is C18H18O3. The molecule has 0 fully saturated rings. The molecule has 0 amide bonds. The first kappa shape index (κ1) is 15.0. The second-order valence-corrected chi connectivity index (χ2v) is 4.92. The fraction of sp³-hybridized carbons (Fsp3) is 0.222. The Labute approximate surface area is 124 Å². The summed E-state index contributed by atoms with van der Waals surface area (Å²) in [6, 6.07) is 16.6. The zero-order valence-corrected chi connectivity index (χ0v) is 12.0. The van der Waals surface area contributed by atoms with E-state index in [0.29, 0.717) is 17.7 Å². The smallest absolute Gasteiger partial charge is 0.200 e. The van der Waals surface area contributed by atoms with E-state index in [0.717, 1.165) is 12.0 Å². The van der Waals surface area contributed by atoms with E-state index in [9.17, 15) is 9.59 Å². The molecule has 0 aromatic heterocycles. The number of ether oxygens (including phenoxy) is 1. The molecule has 2 aromatic rings. The van der Waals surface area contributed by atoms with Gasteiger partial charge in [0.05, 0.1) is 0 Å². The molecule has 2 rings (SSSR count). The van der Waals surface area contributed by atoms with Gasteiger partial charge in [0.25, 0.3) is 0 Å². The first-order valence-electron chi connectivity index (χ1n) is 6.94. The van der Waals surface area contributed by atoms with E-state index in [1.165, 1.54) is 0 Å². The Morgan fingerprint density at radius 1 is 0.952 bits per heavy atom. The molecule has 0 aliphatic heterocycles. The molecule has 21 heavy (non-hydrogen) atoms. The van der Waals surface area contributed by atoms with Gasteiger partial charge in [-0.15, -0.1) is 0 Å². The molecule has 0 aliphatic carbocycles. The van der Waals surface area contributed by atoms with Gasteiger partial charge < -0.3 is 9.53 Å². The van der Waals surface area contributed by atoms with Gasteiger partial charge in [0.15, 0.2) is 12.4 Å². The van der Waals surface area contributed by atoms with Crippen molar-refractivity contribution in [2.24, 2.45) is 0 Å². The molecule has 0 aliphatic rings. The predicted molar refractivity (Wildman–Crippen MR) is 81.7 cm³/mol. The monoisotopic (exact) mass is 282 g/mol. The zero-order chi connectivity index (χ0) is 15.1. The van der Waals surface area contributed by atoms with Crippen molar-refractivity contribution in [3.8, 4) is 5.75 Å². The third kappa shape index (κ3) is 4.88. The van der Waals surface area contributed by atoms with Crippen LogP contribution in [0, 0.1) is 0 Å². The van der Waals surface area contributed by atoms with E-state index < -0.39 is 0 Å². The molecule has 0 unspecified atom stereocenters. The molecule has 0 saturated heterocycles. The molecule has 2 aromatic carbocycles. The number of ketones is 2. The fourth-order valence-corrected chi connectivity index (χ4v) is 1.93. The molecule has 0 saturated carbocycles. The summed E-state index contributed by atoms with van der Waals surface area (Å²) in [5, 5.41) is 0. The molecule has 3 heteroatoms. The van der Waals surface area contributed by atoms with E-state index in [1.807, 2.05) is 42.5 Å². The van der Waals surface area contributed by atoms with E-state index in [-0.39, 0.29) is 18.2 Å². The maximum Gasteiger partial charge on any atom is 0.200 e. The zero-order valence-electron chi connectivity index (χ0n) is 12.0. The Hall–Kier alpha value is -2.42. The fourth-order valence-electron chi connectivity index (χ4n) is 1.93. The van der Waals surface area contributed by atoms with E-state index in [2.05, 4.69) is 0 Å². The number of aryl methyl sites for hydroxylation is 1. The Morgan fingerprint density at radius 2 is 1.62 bits per heavy atom. The second-order valence-electron chi connectivity index (χ2n) is 4.92. The summed E-state index contributed by atoms with van der Waals surface area (Å²) in [6.45, 7) is 1.61. The molecule has 108 valence electrons. The van der Waals surface area contributed by atoms with Crippen molar-refractivity contribution in [3.63, 3.8) is 0 Å². The molecule has 0 atom stereocenters. The van der Waals surface area contributed by atoms with Gasteiger partial charge in [-0.1, -0.05) is 42.5 Å². The van der Waals surface area contributed by atoms with Crippen molar-refractivity contribution in [2.45, 2.75) is 19.8 Å². The first-order valence-corrected chi connectivity index (χ1v) is 6.94. The van der Waals surface area contributed by atoms with Crippen LogP contribution in [0.4, 0.5) is 0 Å². The standard InChI is InChI=1S/C18H18O3/c1-14(19)7-8-15-9-11-17(12-10-15)21-13-18(20)16-5-3-2-4-6-16/h2-6,9-12H,7-8,13H2,1H3. The summed E-state index contributed by atoms with van der Waals surface area (Å²) in [4.78, 5) is 22.8. The summed E-state index contributed by atoms with van der Waals surface area (Å²) in [5.41, 5.74) is 1.74. The van der Waals surface area contributed by atoms with Crippen LogP contribution in [0.5, 0.6) is 5.75 Å². The Bertz CT molecular complexity index is 600. The number of carbonyl (C=O) groups excluding carboxylic acids is 2. The number of hydrogen-bond donors (Lipinski definition) is 0. The van der Waals surface area contributed by atoms with Crippen LogP contribution in [-0.2, 0) is 11.2 Å². The minimum absolute atomic E-state index is 0.0246. The van der Waals surface area contributed by atoms with Gasteiger partial charge in [-0.25, -0.2) is 0 Å². The van der Waals surface area contributed by atoms with Gasteiger partial charge in [0, 0.05) is 12.0 Å². The Morgan fingerprint density at radius 3 is 2.24 bits per heavy atom. The summed E-state index contributed by atoms with van der Waals surface area (Å²) in [5.74, 6) is 0.797. The number of carbonyl (C=O) groups is 2. The third-order valence-corrected chi connectivity index (χ3v) is 3.15. The van der Waals surface area contributed by atoms with Gasteiger partial charge in [-0.05, 0) is 31.0 Å². The van der Waals surface area contributed by atoms with Crippen LogP contribution in [0.3, 0.4) is 0 Å². The molecule has 0 radical (unpaired) electrons. The average molecular weight is 282 g/mol. The minimum Gasteiger partial charge on any atom is -0.485 e. The lowest BCUT2D eigenvalue weighted by Crippen LogP contribution is -2.11. The van der Waals surface area contributed by atoms with Crippen LogP contribution in [0.15, 0.2) is 54.6 Å². The lowest BCUT2D eigenvalue weighted by Gasteiger charge is -2.06. The topological polar surface area (TPSA) is 43.4 Å². The van der Waals surface area contributed by atoms with Crippen molar-refractivity contribution in [1.82, 2.24) is 0 Å². The predicted octanol–water partition coefficient (Wildman–Crippen LogP) is 3.47. The molecular weight excluding hydrogens is 264 g/mol. The summed E-state index contributed by atoms with van der Waals surface area (Å²) in [7, 11) is 0. The lowest BCUT2D eigenvalue weighted by atomic mass is 10.1. The second kappa shape index (κ2) is 7.39. The summed E-state index contributed by atoms with van der Waals surface area (Å²) in [6.07, 6.45) is 1.28. The van der Waals surface area contributed by atoms with Gasteiger partial charge in [0.2, 0.25) is 0 Å². The minimum atomic E-state index is -0.0451.